The molecule has 0 aliphatic carbocycles. The van der Waals surface area contributed by atoms with Gasteiger partial charge in [-0.15, -0.1) is 0 Å². The molecule has 1 aromatic heterocycles. The average molecular weight is 271 g/mol. The number of hydrogen-bond acceptors (Lipinski definition) is 0. The molecule has 0 spiro atoms. The zero-order valence-corrected chi connectivity index (χ0v) is 9.98. The molecule has 0 unspecified atom stereocenters. The fourth-order valence-electron chi connectivity index (χ4n) is 1.36. The summed E-state index contributed by atoms with van der Waals surface area (Å²) in [5.41, 5.74) is 3.38. The second-order valence-corrected chi connectivity index (χ2v) is 4.51. The molecule has 0 bridgehead atoms. The van der Waals surface area contributed by atoms with Crippen LogP contribution in [0.25, 0.3) is 11.3 Å². The van der Waals surface area contributed by atoms with E-state index in [1.165, 1.54) is 5.56 Å². The lowest BCUT2D eigenvalue weighted by molar-refractivity contribution is 1.38. The lowest BCUT2D eigenvalue weighted by atomic mass is 10.1. The zero-order valence-electron chi connectivity index (χ0n) is 7.64. The highest BCUT2D eigenvalue weighted by molar-refractivity contribution is 9.10. The predicted molar refractivity (Wildman–Crippen MR) is 63.7 cm³/mol. The number of rotatable bonds is 1. The Hall–Kier alpha value is -0.730. The molecule has 0 aliphatic heterocycles. The molecule has 3 heteroatoms. The van der Waals surface area contributed by atoms with Gasteiger partial charge in [0.15, 0.2) is 0 Å². The third-order valence-corrected chi connectivity index (χ3v) is 2.97. The first kappa shape index (κ1) is 9.81. The molecular weight excluding hydrogens is 261 g/mol. The number of halogens is 2. The smallest absolute Gasteiger partial charge is 0.0468 e. The van der Waals surface area contributed by atoms with Crippen LogP contribution < -0.4 is 0 Å². The Labute approximate surface area is 96.2 Å². The van der Waals surface area contributed by atoms with Gasteiger partial charge in [0.2, 0.25) is 0 Å². The van der Waals surface area contributed by atoms with E-state index < -0.39 is 0 Å². The Bertz CT molecular complexity index is 462. The van der Waals surface area contributed by atoms with Crippen molar-refractivity contribution in [2.45, 2.75) is 6.92 Å². The van der Waals surface area contributed by atoms with Crippen LogP contribution in [-0.4, -0.2) is 4.98 Å². The molecule has 0 amide bonds. The Kier molecular flexibility index (Phi) is 2.66. The van der Waals surface area contributed by atoms with Crippen LogP contribution in [0.15, 0.2) is 34.9 Å². The van der Waals surface area contributed by atoms with E-state index in [-0.39, 0.29) is 0 Å². The summed E-state index contributed by atoms with van der Waals surface area (Å²) in [6.45, 7) is 2.05. The maximum Gasteiger partial charge on any atom is 0.0468 e. The van der Waals surface area contributed by atoms with Gasteiger partial charge in [-0.1, -0.05) is 27.5 Å². The average Bonchev–Trinajstić information content (AvgIpc) is 2.56. The maximum atomic E-state index is 5.94. The standard InChI is InChI=1S/C11H9BrClN/c1-7-4-11(14-6-7)9-5-8(13)2-3-10(9)12/h2-6,14H,1H3. The molecule has 2 aromatic rings. The normalized spacial score (nSPS) is 10.5. The van der Waals surface area contributed by atoms with Crippen LogP contribution in [0.4, 0.5) is 0 Å². The number of aryl methyl sites for hydroxylation is 1. The molecule has 0 radical (unpaired) electrons. The van der Waals surface area contributed by atoms with Crippen molar-refractivity contribution in [1.29, 1.82) is 0 Å². The molecule has 1 aromatic carbocycles. The van der Waals surface area contributed by atoms with Crippen molar-refractivity contribution < 1.29 is 0 Å². The van der Waals surface area contributed by atoms with E-state index in [0.29, 0.717) is 0 Å². The first-order valence-electron chi connectivity index (χ1n) is 4.27. The molecule has 72 valence electrons. The van der Waals surface area contributed by atoms with Gasteiger partial charge in [0.05, 0.1) is 0 Å². The first-order valence-corrected chi connectivity index (χ1v) is 5.44. The predicted octanol–water partition coefficient (Wildman–Crippen LogP) is 4.41. The molecule has 0 saturated heterocycles. The van der Waals surface area contributed by atoms with Gasteiger partial charge in [0, 0.05) is 26.9 Å². The zero-order chi connectivity index (χ0) is 10.1. The monoisotopic (exact) mass is 269 g/mol. The summed E-state index contributed by atoms with van der Waals surface area (Å²) in [7, 11) is 0. The minimum absolute atomic E-state index is 0.746. The SMILES string of the molecule is Cc1c[nH]c(-c2cc(Cl)ccc2Br)c1. The number of hydrogen-bond donors (Lipinski definition) is 1. The summed E-state index contributed by atoms with van der Waals surface area (Å²) in [4.78, 5) is 3.20. The summed E-state index contributed by atoms with van der Waals surface area (Å²) >= 11 is 9.44. The summed E-state index contributed by atoms with van der Waals surface area (Å²) in [5, 5.41) is 0.746. The number of H-pyrrole nitrogens is 1. The van der Waals surface area contributed by atoms with E-state index >= 15 is 0 Å². The van der Waals surface area contributed by atoms with Crippen molar-refractivity contribution in [3.63, 3.8) is 0 Å². The molecule has 0 fully saturated rings. The fourth-order valence-corrected chi connectivity index (χ4v) is 1.99. The van der Waals surface area contributed by atoms with Crippen LogP contribution in [0.2, 0.25) is 5.02 Å². The maximum absolute atomic E-state index is 5.94. The molecule has 1 heterocycles. The quantitative estimate of drug-likeness (QED) is 0.790. The van der Waals surface area contributed by atoms with Crippen molar-refractivity contribution in [3.05, 3.63) is 45.5 Å². The largest absolute Gasteiger partial charge is 0.361 e. The lowest BCUT2D eigenvalue weighted by Crippen LogP contribution is -1.79. The minimum atomic E-state index is 0.746. The van der Waals surface area contributed by atoms with Crippen molar-refractivity contribution in [2.75, 3.05) is 0 Å². The van der Waals surface area contributed by atoms with E-state index in [1.54, 1.807) is 0 Å². The fraction of sp³-hybridized carbons (Fsp3) is 0.0909. The van der Waals surface area contributed by atoms with Crippen molar-refractivity contribution in [3.8, 4) is 11.3 Å². The second-order valence-electron chi connectivity index (χ2n) is 3.21. The van der Waals surface area contributed by atoms with Crippen molar-refractivity contribution >= 4 is 27.5 Å². The van der Waals surface area contributed by atoms with Crippen LogP contribution in [0, 0.1) is 6.92 Å². The Balaban J connectivity index is 2.55. The Morgan fingerprint density at radius 1 is 1.29 bits per heavy atom. The molecule has 1 N–H and O–H groups in total. The van der Waals surface area contributed by atoms with Crippen LogP contribution in [0.1, 0.15) is 5.56 Å². The van der Waals surface area contributed by atoms with Gasteiger partial charge in [-0.2, -0.15) is 0 Å². The van der Waals surface area contributed by atoms with Gasteiger partial charge >= 0.3 is 0 Å². The Morgan fingerprint density at radius 2 is 2.07 bits per heavy atom. The van der Waals surface area contributed by atoms with E-state index in [2.05, 4.69) is 33.9 Å². The van der Waals surface area contributed by atoms with Crippen molar-refractivity contribution in [1.82, 2.24) is 4.98 Å². The number of nitrogens with one attached hydrogen (secondary N) is 1. The molecule has 14 heavy (non-hydrogen) atoms. The topological polar surface area (TPSA) is 15.8 Å². The molecule has 1 nitrogen and oxygen atoms in total. The number of benzene rings is 1. The summed E-state index contributed by atoms with van der Waals surface area (Å²) in [6.07, 6.45) is 1.97. The van der Waals surface area contributed by atoms with Gasteiger partial charge < -0.3 is 4.98 Å². The first-order chi connectivity index (χ1) is 6.66. The molecule has 2 rings (SSSR count). The van der Waals surface area contributed by atoms with E-state index in [4.69, 9.17) is 11.6 Å². The lowest BCUT2D eigenvalue weighted by Gasteiger charge is -2.02. The summed E-state index contributed by atoms with van der Waals surface area (Å²) < 4.78 is 1.05. The third kappa shape index (κ3) is 1.86. The molecule has 0 atom stereocenters. The van der Waals surface area contributed by atoms with Gasteiger partial charge in [0.25, 0.3) is 0 Å². The van der Waals surface area contributed by atoms with Crippen LogP contribution >= 0.6 is 27.5 Å². The van der Waals surface area contributed by atoms with Gasteiger partial charge in [-0.3, -0.25) is 0 Å². The molecule has 0 aliphatic rings. The van der Waals surface area contributed by atoms with Crippen LogP contribution in [-0.2, 0) is 0 Å². The Morgan fingerprint density at radius 3 is 2.71 bits per heavy atom. The third-order valence-electron chi connectivity index (χ3n) is 2.05. The highest BCUT2D eigenvalue weighted by atomic mass is 79.9. The van der Waals surface area contributed by atoms with Gasteiger partial charge in [0.1, 0.15) is 0 Å². The highest BCUT2D eigenvalue weighted by Gasteiger charge is 2.05. The van der Waals surface area contributed by atoms with Gasteiger partial charge in [-0.05, 0) is 36.8 Å². The summed E-state index contributed by atoms with van der Waals surface area (Å²) in [6, 6.07) is 7.85. The summed E-state index contributed by atoms with van der Waals surface area (Å²) in [5.74, 6) is 0. The van der Waals surface area contributed by atoms with E-state index in [1.807, 2.05) is 24.4 Å². The minimum Gasteiger partial charge on any atom is -0.361 e. The number of aromatic amines is 1. The second kappa shape index (κ2) is 3.79. The number of aromatic nitrogens is 1. The van der Waals surface area contributed by atoms with E-state index in [0.717, 1.165) is 20.8 Å². The van der Waals surface area contributed by atoms with Gasteiger partial charge in [-0.25, -0.2) is 0 Å². The van der Waals surface area contributed by atoms with Crippen LogP contribution in [0.3, 0.4) is 0 Å². The molecular formula is C11H9BrClN. The van der Waals surface area contributed by atoms with Crippen LogP contribution in [0.5, 0.6) is 0 Å². The molecule has 0 saturated carbocycles. The van der Waals surface area contributed by atoms with E-state index in [9.17, 15) is 0 Å². The van der Waals surface area contributed by atoms with Crippen molar-refractivity contribution in [2.24, 2.45) is 0 Å². The highest BCUT2D eigenvalue weighted by Crippen LogP contribution is 2.30.